The molecule has 6 heteroatoms. The summed E-state index contributed by atoms with van der Waals surface area (Å²) in [5.41, 5.74) is 0.985. The van der Waals surface area contributed by atoms with Crippen LogP contribution in [0.5, 0.6) is 0 Å². The Morgan fingerprint density at radius 1 is 1.21 bits per heavy atom. The smallest absolute Gasteiger partial charge is 0.246 e. The van der Waals surface area contributed by atoms with E-state index in [1.165, 1.54) is 6.42 Å². The van der Waals surface area contributed by atoms with Crippen LogP contribution in [-0.2, 0) is 4.79 Å². The normalized spacial score (nSPS) is 22.0. The lowest BCUT2D eigenvalue weighted by atomic mass is 10.2. The molecule has 2 atom stereocenters. The average molecular weight is 395 g/mol. The van der Waals surface area contributed by atoms with E-state index in [1.807, 2.05) is 30.0 Å². The van der Waals surface area contributed by atoms with Gasteiger partial charge in [-0.15, -0.1) is 0 Å². The maximum Gasteiger partial charge on any atom is 0.246 e. The number of carbonyl (C=O) groups excluding carboxylic acids is 1. The number of nitrogens with zero attached hydrogens (tertiary/aromatic N) is 4. The van der Waals surface area contributed by atoms with Gasteiger partial charge in [0.1, 0.15) is 23.2 Å². The Kier molecular flexibility index (Phi) is 5.43. The molecule has 2 aromatic rings. The molecular weight excluding hydrogens is 364 g/mol. The Labute approximate surface area is 172 Å². The van der Waals surface area contributed by atoms with Crippen LogP contribution in [0.1, 0.15) is 62.1 Å². The Hall–Kier alpha value is -2.63. The van der Waals surface area contributed by atoms with Gasteiger partial charge in [0.25, 0.3) is 0 Å². The number of aromatic nitrogens is 2. The Bertz CT molecular complexity index is 909. The second-order valence-corrected chi connectivity index (χ2v) is 8.59. The van der Waals surface area contributed by atoms with Gasteiger partial charge in [-0.05, 0) is 37.5 Å². The van der Waals surface area contributed by atoms with Crippen molar-refractivity contribution in [2.75, 3.05) is 31.1 Å². The van der Waals surface area contributed by atoms with E-state index < -0.39 is 0 Å². The highest BCUT2D eigenvalue weighted by Gasteiger charge is 2.36. The maximum atomic E-state index is 12.6. The monoisotopic (exact) mass is 394 g/mol. The summed E-state index contributed by atoms with van der Waals surface area (Å²) in [5.74, 6) is 5.23. The molecule has 1 aliphatic carbocycles. The molecule has 1 aliphatic heterocycles. The van der Waals surface area contributed by atoms with E-state index in [2.05, 4.69) is 30.7 Å². The quantitative estimate of drug-likeness (QED) is 0.718. The van der Waals surface area contributed by atoms with Gasteiger partial charge in [-0.1, -0.05) is 20.8 Å². The summed E-state index contributed by atoms with van der Waals surface area (Å²) in [6, 6.07) is 6.01. The van der Waals surface area contributed by atoms with Gasteiger partial charge in [-0.25, -0.2) is 9.97 Å². The van der Waals surface area contributed by atoms with E-state index in [9.17, 15) is 4.79 Å². The van der Waals surface area contributed by atoms with Crippen molar-refractivity contribution in [3.63, 3.8) is 0 Å². The fourth-order valence-corrected chi connectivity index (χ4v) is 3.79. The number of anilines is 1. The molecule has 2 fully saturated rings. The molecule has 0 aromatic carbocycles. The summed E-state index contributed by atoms with van der Waals surface area (Å²) in [5, 5.41) is 0. The summed E-state index contributed by atoms with van der Waals surface area (Å²) < 4.78 is 5.85. The zero-order chi connectivity index (χ0) is 20.5. The minimum atomic E-state index is 0.0316. The molecule has 2 aliphatic rings. The highest BCUT2D eigenvalue weighted by molar-refractivity contribution is 5.91. The standard InChI is InChI=1S/C23H30N4O2/c1-15(2)23-24-17(4)14-21(25-23)26-9-11-27(12-10-26)22(28)8-6-18-5-7-20(29-18)19-13-16(19)3/h5-8,14-16,19H,9-13H2,1-4H3/b8-6+/t16-,19+/m0/s1. The van der Waals surface area contributed by atoms with Crippen LogP contribution in [0.2, 0.25) is 0 Å². The van der Waals surface area contributed by atoms with Crippen molar-refractivity contribution in [1.82, 2.24) is 14.9 Å². The van der Waals surface area contributed by atoms with Crippen LogP contribution in [0, 0.1) is 12.8 Å². The molecule has 0 spiro atoms. The van der Waals surface area contributed by atoms with Gasteiger partial charge in [0.05, 0.1) is 0 Å². The van der Waals surface area contributed by atoms with Crippen LogP contribution in [-0.4, -0.2) is 47.0 Å². The van der Waals surface area contributed by atoms with Gasteiger partial charge in [-0.3, -0.25) is 4.79 Å². The molecule has 2 aromatic heterocycles. The van der Waals surface area contributed by atoms with Crippen LogP contribution in [0.15, 0.2) is 28.7 Å². The van der Waals surface area contributed by atoms with E-state index in [-0.39, 0.29) is 5.91 Å². The van der Waals surface area contributed by atoms with Gasteiger partial charge >= 0.3 is 0 Å². The number of carbonyl (C=O) groups is 1. The second-order valence-electron chi connectivity index (χ2n) is 8.59. The van der Waals surface area contributed by atoms with E-state index >= 15 is 0 Å². The van der Waals surface area contributed by atoms with Crippen molar-refractivity contribution in [1.29, 1.82) is 0 Å². The van der Waals surface area contributed by atoms with Crippen LogP contribution >= 0.6 is 0 Å². The van der Waals surface area contributed by atoms with Crippen LogP contribution in [0.4, 0.5) is 5.82 Å². The first-order chi connectivity index (χ1) is 13.9. The van der Waals surface area contributed by atoms with Crippen LogP contribution < -0.4 is 4.90 Å². The van der Waals surface area contributed by atoms with Crippen molar-refractivity contribution in [2.24, 2.45) is 5.92 Å². The third-order valence-corrected chi connectivity index (χ3v) is 5.80. The molecule has 29 heavy (non-hydrogen) atoms. The first-order valence-corrected chi connectivity index (χ1v) is 10.6. The van der Waals surface area contributed by atoms with Crippen molar-refractivity contribution < 1.29 is 9.21 Å². The molecule has 1 saturated heterocycles. The maximum absolute atomic E-state index is 12.6. The number of aryl methyl sites for hydroxylation is 1. The Balaban J connectivity index is 1.33. The minimum Gasteiger partial charge on any atom is -0.461 e. The summed E-state index contributed by atoms with van der Waals surface area (Å²) in [7, 11) is 0. The number of rotatable bonds is 5. The fraction of sp³-hybridized carbons (Fsp3) is 0.522. The molecule has 0 unspecified atom stereocenters. The molecular formula is C23H30N4O2. The molecule has 0 radical (unpaired) electrons. The molecule has 0 N–H and O–H groups in total. The van der Waals surface area contributed by atoms with Crippen LogP contribution in [0.3, 0.4) is 0 Å². The van der Waals surface area contributed by atoms with E-state index in [0.717, 1.165) is 41.9 Å². The fourth-order valence-electron chi connectivity index (χ4n) is 3.79. The Morgan fingerprint density at radius 3 is 2.59 bits per heavy atom. The predicted molar refractivity (Wildman–Crippen MR) is 114 cm³/mol. The van der Waals surface area contributed by atoms with Crippen molar-refractivity contribution in [3.8, 4) is 0 Å². The first-order valence-electron chi connectivity index (χ1n) is 10.6. The summed E-state index contributed by atoms with van der Waals surface area (Å²) in [6.45, 7) is 11.4. The molecule has 0 bridgehead atoms. The summed E-state index contributed by atoms with van der Waals surface area (Å²) >= 11 is 0. The van der Waals surface area contributed by atoms with Crippen molar-refractivity contribution in [2.45, 2.75) is 46.0 Å². The van der Waals surface area contributed by atoms with E-state index in [1.54, 1.807) is 12.2 Å². The third kappa shape index (κ3) is 4.52. The summed E-state index contributed by atoms with van der Waals surface area (Å²) in [6.07, 6.45) is 4.61. The third-order valence-electron chi connectivity index (χ3n) is 5.80. The number of hydrogen-bond donors (Lipinski definition) is 0. The molecule has 1 amide bonds. The predicted octanol–water partition coefficient (Wildman–Crippen LogP) is 3.99. The van der Waals surface area contributed by atoms with Gasteiger partial charge in [-0.2, -0.15) is 0 Å². The van der Waals surface area contributed by atoms with E-state index in [4.69, 9.17) is 9.40 Å². The lowest BCUT2D eigenvalue weighted by Gasteiger charge is -2.35. The van der Waals surface area contributed by atoms with Gasteiger partial charge in [0.2, 0.25) is 5.91 Å². The number of furan rings is 1. The number of hydrogen-bond acceptors (Lipinski definition) is 5. The van der Waals surface area contributed by atoms with Crippen molar-refractivity contribution >= 4 is 17.8 Å². The van der Waals surface area contributed by atoms with Gasteiger partial charge in [0, 0.05) is 55.9 Å². The molecule has 4 rings (SSSR count). The largest absolute Gasteiger partial charge is 0.461 e. The van der Waals surface area contributed by atoms with Gasteiger partial charge < -0.3 is 14.2 Å². The lowest BCUT2D eigenvalue weighted by Crippen LogP contribution is -2.48. The topological polar surface area (TPSA) is 62.5 Å². The number of piperazine rings is 1. The van der Waals surface area contributed by atoms with Crippen molar-refractivity contribution in [3.05, 3.63) is 47.3 Å². The first kappa shape index (κ1) is 19.7. The minimum absolute atomic E-state index is 0.0316. The molecule has 154 valence electrons. The molecule has 1 saturated carbocycles. The lowest BCUT2D eigenvalue weighted by molar-refractivity contribution is -0.126. The average Bonchev–Trinajstić information content (AvgIpc) is 3.25. The van der Waals surface area contributed by atoms with Gasteiger partial charge in [0.15, 0.2) is 0 Å². The molecule has 3 heterocycles. The highest BCUT2D eigenvalue weighted by Crippen LogP contribution is 2.47. The summed E-state index contributed by atoms with van der Waals surface area (Å²) in [4.78, 5) is 25.9. The van der Waals surface area contributed by atoms with E-state index in [0.29, 0.717) is 30.8 Å². The van der Waals surface area contributed by atoms with Crippen LogP contribution in [0.25, 0.3) is 6.08 Å². The Morgan fingerprint density at radius 2 is 1.93 bits per heavy atom. The zero-order valence-electron chi connectivity index (χ0n) is 17.8. The second kappa shape index (κ2) is 8.01. The number of amides is 1. The highest BCUT2D eigenvalue weighted by atomic mass is 16.3. The molecule has 6 nitrogen and oxygen atoms in total. The zero-order valence-corrected chi connectivity index (χ0v) is 17.8. The SMILES string of the molecule is Cc1cc(N2CCN(C(=O)/C=C/c3ccc([C@@H]4C[C@@H]4C)o3)CC2)nc(C(C)C)n1.